The molecule has 0 amide bonds. The molecule has 5 nitrogen and oxygen atoms in total. The van der Waals surface area contributed by atoms with Gasteiger partial charge < -0.3 is 10.4 Å². The van der Waals surface area contributed by atoms with Gasteiger partial charge in [-0.2, -0.15) is 0 Å². The summed E-state index contributed by atoms with van der Waals surface area (Å²) in [4.78, 5) is 18.6. The molecular formula is C12H9F2N3O2. The second-order valence-electron chi connectivity index (χ2n) is 3.64. The topological polar surface area (TPSA) is 75.1 Å². The fraction of sp³-hybridized carbons (Fsp3) is 0.0833. The molecule has 0 unspecified atom stereocenters. The smallest absolute Gasteiger partial charge is 0.354 e. The third kappa shape index (κ3) is 2.65. The Morgan fingerprint density at radius 1 is 1.26 bits per heavy atom. The van der Waals surface area contributed by atoms with Crippen molar-refractivity contribution >= 4 is 11.8 Å². The monoisotopic (exact) mass is 265 g/mol. The van der Waals surface area contributed by atoms with Crippen LogP contribution in [0.1, 0.15) is 10.5 Å². The quantitative estimate of drug-likeness (QED) is 0.889. The summed E-state index contributed by atoms with van der Waals surface area (Å²) >= 11 is 0. The SMILES string of the molecule is CNc1cc(C(=O)O)nc(-c2ccc(F)cc2F)n1. The maximum Gasteiger partial charge on any atom is 0.354 e. The fourth-order valence-corrected chi connectivity index (χ4v) is 1.48. The summed E-state index contributed by atoms with van der Waals surface area (Å²) < 4.78 is 26.4. The third-order valence-electron chi connectivity index (χ3n) is 2.37. The molecule has 1 aromatic carbocycles. The molecule has 2 aromatic rings. The zero-order chi connectivity index (χ0) is 14.0. The number of nitrogens with one attached hydrogen (secondary N) is 1. The Morgan fingerprint density at radius 2 is 2.00 bits per heavy atom. The molecule has 2 rings (SSSR count). The molecule has 0 aliphatic heterocycles. The third-order valence-corrected chi connectivity index (χ3v) is 2.37. The highest BCUT2D eigenvalue weighted by Gasteiger charge is 2.14. The molecule has 0 saturated carbocycles. The van der Waals surface area contributed by atoms with Crippen LogP contribution in [0.2, 0.25) is 0 Å². The van der Waals surface area contributed by atoms with Gasteiger partial charge in [0.05, 0.1) is 5.56 Å². The lowest BCUT2D eigenvalue weighted by molar-refractivity contribution is 0.0690. The molecule has 98 valence electrons. The van der Waals surface area contributed by atoms with Crippen LogP contribution in [0.25, 0.3) is 11.4 Å². The zero-order valence-electron chi connectivity index (χ0n) is 9.82. The van der Waals surface area contributed by atoms with E-state index in [2.05, 4.69) is 15.3 Å². The number of hydrogen-bond acceptors (Lipinski definition) is 4. The number of benzene rings is 1. The van der Waals surface area contributed by atoms with Gasteiger partial charge in [0, 0.05) is 19.2 Å². The average molecular weight is 265 g/mol. The summed E-state index contributed by atoms with van der Waals surface area (Å²) in [6.45, 7) is 0. The van der Waals surface area contributed by atoms with Crippen molar-refractivity contribution in [2.75, 3.05) is 12.4 Å². The summed E-state index contributed by atoms with van der Waals surface area (Å²) in [7, 11) is 1.54. The second-order valence-corrected chi connectivity index (χ2v) is 3.64. The summed E-state index contributed by atoms with van der Waals surface area (Å²) in [5.41, 5.74) is -0.348. The lowest BCUT2D eigenvalue weighted by Gasteiger charge is -2.06. The molecule has 2 N–H and O–H groups in total. The van der Waals surface area contributed by atoms with Crippen LogP contribution < -0.4 is 5.32 Å². The van der Waals surface area contributed by atoms with Gasteiger partial charge in [-0.25, -0.2) is 23.5 Å². The molecular weight excluding hydrogens is 256 g/mol. The van der Waals surface area contributed by atoms with Gasteiger partial charge in [0.25, 0.3) is 0 Å². The predicted molar refractivity (Wildman–Crippen MR) is 63.9 cm³/mol. The molecule has 0 saturated heterocycles. The molecule has 0 aliphatic carbocycles. The molecule has 1 aromatic heterocycles. The lowest BCUT2D eigenvalue weighted by Crippen LogP contribution is -2.06. The first-order valence-electron chi connectivity index (χ1n) is 5.27. The summed E-state index contributed by atoms with van der Waals surface area (Å²) in [5, 5.41) is 11.6. The minimum atomic E-state index is -1.26. The number of halogens is 2. The van der Waals surface area contributed by atoms with E-state index in [-0.39, 0.29) is 22.9 Å². The number of aromatic nitrogens is 2. The maximum atomic E-state index is 13.6. The standard InChI is InChI=1S/C12H9F2N3O2/c1-15-10-5-9(12(18)19)16-11(17-10)7-3-2-6(13)4-8(7)14/h2-5H,1H3,(H,18,19)(H,15,16,17). The molecule has 0 fully saturated rings. The molecule has 19 heavy (non-hydrogen) atoms. The van der Waals surface area contributed by atoms with E-state index in [1.54, 1.807) is 7.05 Å². The van der Waals surface area contributed by atoms with Gasteiger partial charge in [0.1, 0.15) is 17.5 Å². The van der Waals surface area contributed by atoms with Crippen LogP contribution in [0.5, 0.6) is 0 Å². The van der Waals surface area contributed by atoms with Crippen molar-refractivity contribution in [1.82, 2.24) is 9.97 Å². The number of nitrogens with zero attached hydrogens (tertiary/aromatic N) is 2. The van der Waals surface area contributed by atoms with Gasteiger partial charge in [-0.1, -0.05) is 0 Å². The first-order chi connectivity index (χ1) is 9.01. The van der Waals surface area contributed by atoms with Crippen molar-refractivity contribution in [2.24, 2.45) is 0 Å². The van der Waals surface area contributed by atoms with Crippen LogP contribution >= 0.6 is 0 Å². The number of rotatable bonds is 3. The van der Waals surface area contributed by atoms with E-state index in [0.29, 0.717) is 6.07 Å². The normalized spacial score (nSPS) is 10.3. The van der Waals surface area contributed by atoms with Crippen LogP contribution in [-0.4, -0.2) is 28.1 Å². The average Bonchev–Trinajstić information content (AvgIpc) is 2.38. The Labute approximate surface area is 106 Å². The first kappa shape index (κ1) is 12.9. The van der Waals surface area contributed by atoms with Crippen LogP contribution in [0.15, 0.2) is 24.3 Å². The van der Waals surface area contributed by atoms with E-state index in [1.807, 2.05) is 0 Å². The van der Waals surface area contributed by atoms with E-state index >= 15 is 0 Å². The van der Waals surface area contributed by atoms with Crippen molar-refractivity contribution in [3.63, 3.8) is 0 Å². The Balaban J connectivity index is 2.60. The minimum absolute atomic E-state index is 0.0685. The Morgan fingerprint density at radius 3 is 2.58 bits per heavy atom. The van der Waals surface area contributed by atoms with E-state index in [9.17, 15) is 13.6 Å². The van der Waals surface area contributed by atoms with Crippen LogP contribution in [0, 0.1) is 11.6 Å². The predicted octanol–water partition coefficient (Wildman–Crippen LogP) is 2.16. The highest BCUT2D eigenvalue weighted by molar-refractivity contribution is 5.87. The van der Waals surface area contributed by atoms with Crippen LogP contribution in [0.4, 0.5) is 14.6 Å². The first-order valence-corrected chi connectivity index (χ1v) is 5.27. The van der Waals surface area contributed by atoms with Gasteiger partial charge in [-0.05, 0) is 12.1 Å². The largest absolute Gasteiger partial charge is 0.477 e. The maximum absolute atomic E-state index is 13.6. The van der Waals surface area contributed by atoms with Gasteiger partial charge in [0.2, 0.25) is 0 Å². The summed E-state index contributed by atoms with van der Waals surface area (Å²) in [5.74, 6) is -2.75. The van der Waals surface area contributed by atoms with Gasteiger partial charge in [-0.3, -0.25) is 0 Å². The van der Waals surface area contributed by atoms with Crippen molar-refractivity contribution in [2.45, 2.75) is 0 Å². The van der Waals surface area contributed by atoms with Crippen molar-refractivity contribution in [3.05, 3.63) is 41.6 Å². The highest BCUT2D eigenvalue weighted by atomic mass is 19.1. The number of carboxylic acids is 1. The second kappa shape index (κ2) is 4.97. The van der Waals surface area contributed by atoms with E-state index in [1.165, 1.54) is 6.07 Å². The van der Waals surface area contributed by atoms with Gasteiger partial charge in [0.15, 0.2) is 11.5 Å². The number of carboxylic acid groups (broad SMARTS) is 1. The molecule has 0 bridgehead atoms. The number of carbonyl (C=O) groups is 1. The van der Waals surface area contributed by atoms with E-state index < -0.39 is 17.6 Å². The molecule has 1 heterocycles. The molecule has 0 aliphatic rings. The van der Waals surface area contributed by atoms with Crippen LogP contribution in [-0.2, 0) is 0 Å². The van der Waals surface area contributed by atoms with Crippen molar-refractivity contribution in [1.29, 1.82) is 0 Å². The Hall–Kier alpha value is -2.57. The van der Waals surface area contributed by atoms with E-state index in [0.717, 1.165) is 12.1 Å². The van der Waals surface area contributed by atoms with E-state index in [4.69, 9.17) is 5.11 Å². The van der Waals surface area contributed by atoms with Gasteiger partial charge >= 0.3 is 5.97 Å². The molecule has 7 heteroatoms. The Bertz CT molecular complexity index is 647. The lowest BCUT2D eigenvalue weighted by atomic mass is 10.2. The number of aromatic carboxylic acids is 1. The minimum Gasteiger partial charge on any atom is -0.477 e. The zero-order valence-corrected chi connectivity index (χ0v) is 9.82. The van der Waals surface area contributed by atoms with Crippen LogP contribution in [0.3, 0.4) is 0 Å². The molecule has 0 atom stereocenters. The Kier molecular flexibility index (Phi) is 3.37. The molecule has 0 radical (unpaired) electrons. The highest BCUT2D eigenvalue weighted by Crippen LogP contribution is 2.22. The number of anilines is 1. The molecule has 0 spiro atoms. The number of hydrogen-bond donors (Lipinski definition) is 2. The van der Waals surface area contributed by atoms with Crippen molar-refractivity contribution in [3.8, 4) is 11.4 Å². The summed E-state index contributed by atoms with van der Waals surface area (Å²) in [6, 6.07) is 4.11. The van der Waals surface area contributed by atoms with Gasteiger partial charge in [-0.15, -0.1) is 0 Å². The summed E-state index contributed by atoms with van der Waals surface area (Å²) in [6.07, 6.45) is 0. The fourth-order valence-electron chi connectivity index (χ4n) is 1.48. The van der Waals surface area contributed by atoms with Crippen molar-refractivity contribution < 1.29 is 18.7 Å².